The number of aromatic nitrogens is 2. The Morgan fingerprint density at radius 3 is 3.19 bits per heavy atom. The lowest BCUT2D eigenvalue weighted by Gasteiger charge is -2.12. The number of carbonyl (C=O) groups is 1. The first-order valence-electron chi connectivity index (χ1n) is 4.90. The molecular formula is C10H12N4OS. The summed E-state index contributed by atoms with van der Waals surface area (Å²) in [5.74, 6) is 0.426. The minimum Gasteiger partial charge on any atom is -0.370 e. The topological polar surface area (TPSA) is 80.9 Å². The predicted octanol–water partition coefficient (Wildman–Crippen LogP) is 1.37. The number of nitrogens with one attached hydrogen (secondary N) is 1. The molecule has 3 N–H and O–H groups in total. The average molecular weight is 236 g/mol. The third kappa shape index (κ3) is 2.27. The van der Waals surface area contributed by atoms with Gasteiger partial charge in [-0.15, -0.1) is 11.3 Å². The molecule has 0 saturated carbocycles. The largest absolute Gasteiger partial charge is 0.370 e. The Morgan fingerprint density at radius 2 is 2.44 bits per heavy atom. The summed E-state index contributed by atoms with van der Waals surface area (Å²) in [5, 5.41) is 6.09. The van der Waals surface area contributed by atoms with Gasteiger partial charge in [-0.05, 0) is 18.4 Å². The lowest BCUT2D eigenvalue weighted by molar-refractivity contribution is -0.118. The Hall–Kier alpha value is -1.69. The van der Waals surface area contributed by atoms with Crippen molar-refractivity contribution < 1.29 is 4.79 Å². The summed E-state index contributed by atoms with van der Waals surface area (Å²) in [6, 6.07) is 1.93. The van der Waals surface area contributed by atoms with Crippen molar-refractivity contribution in [3.63, 3.8) is 0 Å². The van der Waals surface area contributed by atoms with Gasteiger partial charge < -0.3 is 11.1 Å². The van der Waals surface area contributed by atoms with Crippen molar-refractivity contribution in [1.82, 2.24) is 9.97 Å². The van der Waals surface area contributed by atoms with E-state index in [1.165, 1.54) is 6.33 Å². The van der Waals surface area contributed by atoms with Crippen LogP contribution in [0.1, 0.15) is 13.3 Å². The summed E-state index contributed by atoms with van der Waals surface area (Å²) in [6.07, 6.45) is 1.80. The molecule has 1 atom stereocenters. The van der Waals surface area contributed by atoms with Crippen molar-refractivity contribution in [3.8, 4) is 0 Å². The molecule has 0 spiro atoms. The monoisotopic (exact) mass is 236 g/mol. The van der Waals surface area contributed by atoms with E-state index in [-0.39, 0.29) is 18.4 Å². The second-order valence-electron chi connectivity index (χ2n) is 3.58. The number of rotatable bonds is 4. The molecule has 0 aliphatic carbocycles. The lowest BCUT2D eigenvalue weighted by atomic mass is 10.2. The van der Waals surface area contributed by atoms with Crippen LogP contribution in [-0.4, -0.2) is 21.9 Å². The molecular weight excluding hydrogens is 224 g/mol. The van der Waals surface area contributed by atoms with Crippen LogP contribution in [0.15, 0.2) is 17.8 Å². The molecule has 5 nitrogen and oxygen atoms in total. The number of nitrogens with two attached hydrogens (primary N) is 1. The summed E-state index contributed by atoms with van der Waals surface area (Å²) in [5.41, 5.74) is 5.13. The standard InChI is InChI=1S/C10H12N4OS/c1-6(4-8(11)15)14-9-7-2-3-16-10(7)13-5-12-9/h2-3,5-6H,4H2,1H3,(H2,11,15)(H,12,13,14). The first-order valence-corrected chi connectivity index (χ1v) is 5.78. The zero-order valence-corrected chi connectivity index (χ0v) is 9.62. The molecule has 1 unspecified atom stereocenters. The first kappa shape index (κ1) is 10.8. The molecule has 2 rings (SSSR count). The second-order valence-corrected chi connectivity index (χ2v) is 4.47. The van der Waals surface area contributed by atoms with Crippen molar-refractivity contribution in [1.29, 1.82) is 0 Å². The van der Waals surface area contributed by atoms with E-state index in [4.69, 9.17) is 5.73 Å². The number of anilines is 1. The number of nitrogens with zero attached hydrogens (tertiary/aromatic N) is 2. The third-order valence-electron chi connectivity index (χ3n) is 2.15. The Kier molecular flexibility index (Phi) is 3.00. The van der Waals surface area contributed by atoms with Crippen LogP contribution in [0.3, 0.4) is 0 Å². The van der Waals surface area contributed by atoms with Gasteiger partial charge in [0.05, 0.1) is 5.39 Å². The average Bonchev–Trinajstić information content (AvgIpc) is 2.65. The van der Waals surface area contributed by atoms with Gasteiger partial charge in [-0.3, -0.25) is 4.79 Å². The lowest BCUT2D eigenvalue weighted by Crippen LogP contribution is -2.24. The van der Waals surface area contributed by atoms with Gasteiger partial charge >= 0.3 is 0 Å². The summed E-state index contributed by atoms with van der Waals surface area (Å²) in [6.45, 7) is 1.89. The number of carbonyl (C=O) groups excluding carboxylic acids is 1. The molecule has 0 aliphatic rings. The fourth-order valence-corrected chi connectivity index (χ4v) is 2.22. The van der Waals surface area contributed by atoms with Crippen LogP contribution < -0.4 is 11.1 Å². The Bertz CT molecular complexity index is 510. The number of amides is 1. The second kappa shape index (κ2) is 4.44. The normalized spacial score (nSPS) is 12.6. The number of hydrogen-bond donors (Lipinski definition) is 2. The van der Waals surface area contributed by atoms with Crippen molar-refractivity contribution in [2.45, 2.75) is 19.4 Å². The highest BCUT2D eigenvalue weighted by Gasteiger charge is 2.09. The fraction of sp³-hybridized carbons (Fsp3) is 0.300. The Morgan fingerprint density at radius 1 is 1.62 bits per heavy atom. The molecule has 16 heavy (non-hydrogen) atoms. The van der Waals surface area contributed by atoms with E-state index in [9.17, 15) is 4.79 Å². The molecule has 0 bridgehead atoms. The minimum atomic E-state index is -0.324. The van der Waals surface area contributed by atoms with E-state index in [1.807, 2.05) is 18.4 Å². The quantitative estimate of drug-likeness (QED) is 0.840. The van der Waals surface area contributed by atoms with Crippen molar-refractivity contribution >= 4 is 33.3 Å². The minimum absolute atomic E-state index is 0.0319. The molecule has 0 radical (unpaired) electrons. The molecule has 6 heteroatoms. The maximum Gasteiger partial charge on any atom is 0.219 e. The van der Waals surface area contributed by atoms with Crippen LogP contribution in [0, 0.1) is 0 Å². The zero-order valence-electron chi connectivity index (χ0n) is 8.80. The van der Waals surface area contributed by atoms with Gasteiger partial charge in [0, 0.05) is 12.5 Å². The van der Waals surface area contributed by atoms with E-state index in [0.717, 1.165) is 16.0 Å². The number of thiophene rings is 1. The Labute approximate surface area is 96.7 Å². The number of fused-ring (bicyclic) bond motifs is 1. The van der Waals surface area contributed by atoms with E-state index in [1.54, 1.807) is 11.3 Å². The molecule has 84 valence electrons. The Balaban J connectivity index is 2.20. The van der Waals surface area contributed by atoms with E-state index in [2.05, 4.69) is 15.3 Å². The van der Waals surface area contributed by atoms with E-state index >= 15 is 0 Å². The first-order chi connectivity index (χ1) is 7.66. The molecule has 2 heterocycles. The SMILES string of the molecule is CC(CC(N)=O)Nc1ncnc2sccc12. The maximum absolute atomic E-state index is 10.8. The fourth-order valence-electron chi connectivity index (χ4n) is 1.49. The smallest absolute Gasteiger partial charge is 0.219 e. The highest BCUT2D eigenvalue weighted by molar-refractivity contribution is 7.16. The molecule has 1 amide bonds. The van der Waals surface area contributed by atoms with Gasteiger partial charge in [0.1, 0.15) is 17.0 Å². The van der Waals surface area contributed by atoms with Gasteiger partial charge in [-0.25, -0.2) is 9.97 Å². The number of hydrogen-bond acceptors (Lipinski definition) is 5. The van der Waals surface area contributed by atoms with Gasteiger partial charge in [0.15, 0.2) is 0 Å². The highest BCUT2D eigenvalue weighted by Crippen LogP contribution is 2.24. The highest BCUT2D eigenvalue weighted by atomic mass is 32.1. The van der Waals surface area contributed by atoms with Crippen molar-refractivity contribution in [2.75, 3.05) is 5.32 Å². The zero-order chi connectivity index (χ0) is 11.5. The summed E-state index contributed by atoms with van der Waals surface area (Å²) in [4.78, 5) is 20.0. The molecule has 0 aromatic carbocycles. The molecule has 0 aliphatic heterocycles. The van der Waals surface area contributed by atoms with Crippen LogP contribution >= 0.6 is 11.3 Å². The third-order valence-corrected chi connectivity index (χ3v) is 2.97. The molecule has 2 aromatic rings. The summed E-state index contributed by atoms with van der Waals surface area (Å²) < 4.78 is 0. The molecule has 0 saturated heterocycles. The molecule has 2 aromatic heterocycles. The van der Waals surface area contributed by atoms with Crippen LogP contribution in [0.5, 0.6) is 0 Å². The van der Waals surface area contributed by atoms with Gasteiger partial charge in [-0.2, -0.15) is 0 Å². The maximum atomic E-state index is 10.8. The summed E-state index contributed by atoms with van der Waals surface area (Å²) >= 11 is 1.56. The van der Waals surface area contributed by atoms with Gasteiger partial charge in [0.25, 0.3) is 0 Å². The predicted molar refractivity (Wildman–Crippen MR) is 64.3 cm³/mol. The van der Waals surface area contributed by atoms with E-state index in [0.29, 0.717) is 0 Å². The molecule has 0 fully saturated rings. The van der Waals surface area contributed by atoms with Crippen LogP contribution in [0.25, 0.3) is 10.2 Å². The number of primary amides is 1. The van der Waals surface area contributed by atoms with Crippen LogP contribution in [0.4, 0.5) is 5.82 Å². The summed E-state index contributed by atoms with van der Waals surface area (Å²) in [7, 11) is 0. The van der Waals surface area contributed by atoms with Gasteiger partial charge in [0.2, 0.25) is 5.91 Å². The van der Waals surface area contributed by atoms with Crippen molar-refractivity contribution in [2.24, 2.45) is 5.73 Å². The van der Waals surface area contributed by atoms with Crippen LogP contribution in [-0.2, 0) is 4.79 Å². The van der Waals surface area contributed by atoms with Gasteiger partial charge in [-0.1, -0.05) is 0 Å². The van der Waals surface area contributed by atoms with Crippen LogP contribution in [0.2, 0.25) is 0 Å². The van der Waals surface area contributed by atoms with Crippen molar-refractivity contribution in [3.05, 3.63) is 17.8 Å². The van der Waals surface area contributed by atoms with E-state index < -0.39 is 0 Å².